The molecule has 0 bridgehead atoms. The Balaban J connectivity index is 1.41. The first kappa shape index (κ1) is 21.1. The van der Waals surface area contributed by atoms with Gasteiger partial charge < -0.3 is 19.4 Å². The molecule has 29 heavy (non-hydrogen) atoms. The zero-order valence-electron chi connectivity index (χ0n) is 16.8. The van der Waals surface area contributed by atoms with Crippen molar-refractivity contribution < 1.29 is 18.7 Å². The van der Waals surface area contributed by atoms with Gasteiger partial charge in [-0.05, 0) is 18.6 Å². The molecule has 1 aromatic heterocycles. The summed E-state index contributed by atoms with van der Waals surface area (Å²) in [6.45, 7) is 4.34. The molecule has 1 N–H and O–H groups in total. The summed E-state index contributed by atoms with van der Waals surface area (Å²) in [5, 5.41) is 2.87. The Morgan fingerprint density at radius 1 is 1.17 bits per heavy atom. The lowest BCUT2D eigenvalue weighted by Crippen LogP contribution is -2.51. The highest BCUT2D eigenvalue weighted by molar-refractivity contribution is 5.78. The first-order valence-electron chi connectivity index (χ1n) is 9.92. The van der Waals surface area contributed by atoms with Gasteiger partial charge in [-0.25, -0.2) is 4.79 Å². The van der Waals surface area contributed by atoms with Crippen LogP contribution < -0.4 is 11.1 Å². The zero-order chi connectivity index (χ0) is 20.6. The number of nitrogens with zero attached hydrogens (tertiary/aromatic N) is 3. The Bertz CT molecular complexity index is 882. The first-order chi connectivity index (χ1) is 14.1. The highest BCUT2D eigenvalue weighted by Crippen LogP contribution is 2.12. The number of benzene rings is 1. The average Bonchev–Trinajstić information content (AvgIpc) is 3.05. The van der Waals surface area contributed by atoms with E-state index in [-0.39, 0.29) is 18.2 Å². The van der Waals surface area contributed by atoms with Crippen LogP contribution in [0.4, 0.5) is 0 Å². The maximum Gasteiger partial charge on any atom is 0.419 e. The highest BCUT2D eigenvalue weighted by atomic mass is 16.5. The number of rotatable bonds is 9. The predicted molar refractivity (Wildman–Crippen MR) is 108 cm³/mol. The number of carbonyl (C=O) groups is 2. The first-order valence-corrected chi connectivity index (χ1v) is 9.92. The quantitative estimate of drug-likeness (QED) is 0.603. The molecular formula is C20H28N4O5. The summed E-state index contributed by atoms with van der Waals surface area (Å²) >= 11 is 0. The largest absolute Gasteiger partial charge is 0.419 e. The van der Waals surface area contributed by atoms with Crippen molar-refractivity contribution >= 4 is 22.9 Å². The molecule has 9 heteroatoms. The summed E-state index contributed by atoms with van der Waals surface area (Å²) in [6, 6.07) is 7.19. The van der Waals surface area contributed by atoms with E-state index in [4.69, 9.17) is 9.15 Å². The second-order valence-electron chi connectivity index (χ2n) is 7.09. The Kier molecular flexibility index (Phi) is 7.42. The maximum absolute atomic E-state index is 12.5. The third-order valence-electron chi connectivity index (χ3n) is 5.06. The molecule has 1 fully saturated rings. The number of amides is 2. The average molecular weight is 404 g/mol. The molecule has 3 rings (SSSR count). The van der Waals surface area contributed by atoms with Gasteiger partial charge in [-0.2, -0.15) is 0 Å². The van der Waals surface area contributed by atoms with Gasteiger partial charge in [-0.1, -0.05) is 12.1 Å². The molecular weight excluding hydrogens is 376 g/mol. The third-order valence-corrected chi connectivity index (χ3v) is 5.06. The molecule has 2 amide bonds. The van der Waals surface area contributed by atoms with Crippen LogP contribution in [0, 0.1) is 0 Å². The van der Waals surface area contributed by atoms with E-state index in [1.54, 1.807) is 24.1 Å². The van der Waals surface area contributed by atoms with Gasteiger partial charge >= 0.3 is 5.76 Å². The van der Waals surface area contributed by atoms with E-state index in [0.717, 1.165) is 6.42 Å². The fraction of sp³-hybridized carbons (Fsp3) is 0.550. The van der Waals surface area contributed by atoms with Crippen LogP contribution in [0.2, 0.25) is 0 Å². The Morgan fingerprint density at radius 3 is 2.69 bits per heavy atom. The molecule has 2 aromatic rings. The minimum atomic E-state index is -0.444. The van der Waals surface area contributed by atoms with Crippen LogP contribution in [0.1, 0.15) is 12.8 Å². The zero-order valence-corrected chi connectivity index (χ0v) is 16.8. The number of piperazine rings is 1. The molecule has 1 aliphatic rings. The molecule has 0 radical (unpaired) electrons. The summed E-state index contributed by atoms with van der Waals surface area (Å²) in [5.74, 6) is -0.446. The lowest BCUT2D eigenvalue weighted by Gasteiger charge is -2.34. The van der Waals surface area contributed by atoms with Crippen molar-refractivity contribution in [1.82, 2.24) is 19.7 Å². The van der Waals surface area contributed by atoms with Crippen molar-refractivity contribution in [2.45, 2.75) is 19.4 Å². The number of oxazole rings is 1. The highest BCUT2D eigenvalue weighted by Gasteiger charge is 2.22. The van der Waals surface area contributed by atoms with Crippen molar-refractivity contribution in [3.63, 3.8) is 0 Å². The lowest BCUT2D eigenvalue weighted by molar-refractivity contribution is -0.133. The Hall–Kier alpha value is -2.65. The molecule has 1 saturated heterocycles. The normalized spacial score (nSPS) is 15.0. The molecule has 0 atom stereocenters. The van der Waals surface area contributed by atoms with Crippen molar-refractivity contribution in [1.29, 1.82) is 0 Å². The van der Waals surface area contributed by atoms with Gasteiger partial charge in [0.25, 0.3) is 0 Å². The summed E-state index contributed by atoms with van der Waals surface area (Å²) in [4.78, 5) is 40.3. The van der Waals surface area contributed by atoms with Crippen LogP contribution in [0.15, 0.2) is 33.5 Å². The lowest BCUT2D eigenvalue weighted by atomic mass is 10.2. The number of para-hydroxylation sites is 2. The van der Waals surface area contributed by atoms with Crippen molar-refractivity contribution in [2.24, 2.45) is 0 Å². The predicted octanol–water partition coefficient (Wildman–Crippen LogP) is 0.282. The van der Waals surface area contributed by atoms with Gasteiger partial charge in [-0.3, -0.25) is 19.1 Å². The summed E-state index contributed by atoms with van der Waals surface area (Å²) in [7, 11) is 1.64. The Labute approximate surface area is 169 Å². The topological polar surface area (TPSA) is 97.0 Å². The minimum Gasteiger partial charge on any atom is -0.408 e. The van der Waals surface area contributed by atoms with Crippen LogP contribution in [0.3, 0.4) is 0 Å². The molecule has 0 spiro atoms. The van der Waals surface area contributed by atoms with Crippen LogP contribution >= 0.6 is 0 Å². The second-order valence-corrected chi connectivity index (χ2v) is 7.09. The fourth-order valence-electron chi connectivity index (χ4n) is 3.45. The van der Waals surface area contributed by atoms with Gasteiger partial charge in [0.05, 0.1) is 12.1 Å². The molecule has 0 aliphatic carbocycles. The smallest absolute Gasteiger partial charge is 0.408 e. The molecule has 1 aliphatic heterocycles. The molecule has 0 unspecified atom stereocenters. The van der Waals surface area contributed by atoms with Crippen molar-refractivity contribution in [3.8, 4) is 0 Å². The molecule has 158 valence electrons. The molecule has 2 heterocycles. The minimum absolute atomic E-state index is 0.00542. The maximum atomic E-state index is 12.5. The fourth-order valence-corrected chi connectivity index (χ4v) is 3.45. The number of aromatic nitrogens is 1. The second kappa shape index (κ2) is 10.2. The standard InChI is InChI=1S/C20H28N4O5/c1-28-14-4-8-21-18(25)15-22-10-12-23(13-11-22)19(26)7-9-24-16-5-2-3-6-17(16)29-20(24)27/h2-3,5-6H,4,7-15H2,1H3,(H,21,25). The van der Waals surface area contributed by atoms with Crippen LogP contribution in [0.25, 0.3) is 11.1 Å². The summed E-state index contributed by atoms with van der Waals surface area (Å²) < 4.78 is 11.7. The van der Waals surface area contributed by atoms with Crippen LogP contribution in [-0.4, -0.2) is 79.2 Å². The number of ether oxygens (including phenoxy) is 1. The molecule has 9 nitrogen and oxygen atoms in total. The number of hydrogen-bond donors (Lipinski definition) is 1. The number of carbonyl (C=O) groups excluding carboxylic acids is 2. The summed E-state index contributed by atoms with van der Waals surface area (Å²) in [5.41, 5.74) is 1.23. The number of fused-ring (bicyclic) bond motifs is 1. The van der Waals surface area contributed by atoms with E-state index in [0.29, 0.717) is 63.5 Å². The van der Waals surface area contributed by atoms with Crippen molar-refractivity contribution in [3.05, 3.63) is 34.8 Å². The molecule has 0 saturated carbocycles. The van der Waals surface area contributed by atoms with Crippen LogP contribution in [0.5, 0.6) is 0 Å². The molecule has 1 aromatic carbocycles. The van der Waals surface area contributed by atoms with E-state index >= 15 is 0 Å². The SMILES string of the molecule is COCCCNC(=O)CN1CCN(C(=O)CCn2c(=O)oc3ccccc32)CC1. The number of methoxy groups -OCH3 is 1. The van der Waals surface area contributed by atoms with Crippen LogP contribution in [-0.2, 0) is 20.9 Å². The van der Waals surface area contributed by atoms with E-state index in [1.165, 1.54) is 4.57 Å². The van der Waals surface area contributed by atoms with E-state index in [9.17, 15) is 14.4 Å². The number of hydrogen-bond acceptors (Lipinski definition) is 6. The van der Waals surface area contributed by atoms with Gasteiger partial charge in [0.1, 0.15) is 0 Å². The van der Waals surface area contributed by atoms with E-state index in [2.05, 4.69) is 5.32 Å². The van der Waals surface area contributed by atoms with Crippen molar-refractivity contribution in [2.75, 3.05) is 53.0 Å². The third kappa shape index (κ3) is 5.68. The monoisotopic (exact) mass is 404 g/mol. The van der Waals surface area contributed by atoms with E-state index in [1.807, 2.05) is 17.0 Å². The van der Waals surface area contributed by atoms with E-state index < -0.39 is 5.76 Å². The number of aryl methyl sites for hydroxylation is 1. The van der Waals surface area contributed by atoms with Gasteiger partial charge in [0, 0.05) is 59.4 Å². The Morgan fingerprint density at radius 2 is 1.93 bits per heavy atom. The number of nitrogens with one attached hydrogen (secondary N) is 1. The van der Waals surface area contributed by atoms with Gasteiger partial charge in [0.15, 0.2) is 5.58 Å². The summed E-state index contributed by atoms with van der Waals surface area (Å²) in [6.07, 6.45) is 1.03. The van der Waals surface area contributed by atoms with Gasteiger partial charge in [0.2, 0.25) is 11.8 Å². The van der Waals surface area contributed by atoms with Gasteiger partial charge in [-0.15, -0.1) is 0 Å².